The quantitative estimate of drug-likeness (QED) is 0.793. The van der Waals surface area contributed by atoms with Crippen LogP contribution in [0, 0.1) is 6.92 Å². The first kappa shape index (κ1) is 11.7. The lowest BCUT2D eigenvalue weighted by Crippen LogP contribution is -2.15. The summed E-state index contributed by atoms with van der Waals surface area (Å²) in [6.07, 6.45) is 2.51. The lowest BCUT2D eigenvalue weighted by atomic mass is 10.1. The Kier molecular flexibility index (Phi) is 5.20. The van der Waals surface area contributed by atoms with Gasteiger partial charge in [0.05, 0.1) is 0 Å². The molecule has 1 aromatic carbocycles. The number of rotatable bonds is 5. The van der Waals surface area contributed by atoms with Gasteiger partial charge in [-0.15, -0.1) is 0 Å². The summed E-state index contributed by atoms with van der Waals surface area (Å²) < 4.78 is 1.20. The molecule has 0 amide bonds. The number of nitrogens with one attached hydrogen (secondary N) is 1. The second-order valence-electron chi connectivity index (χ2n) is 3.55. The Morgan fingerprint density at radius 2 is 2.14 bits per heavy atom. The third kappa shape index (κ3) is 3.43. The fourth-order valence-electron chi connectivity index (χ4n) is 1.37. The van der Waals surface area contributed by atoms with Crippen molar-refractivity contribution in [1.82, 2.24) is 5.32 Å². The topological polar surface area (TPSA) is 12.0 Å². The molecule has 2 heteroatoms. The predicted octanol–water partition coefficient (Wildman–Crippen LogP) is 3.65. The Balaban J connectivity index is 2.46. The summed E-state index contributed by atoms with van der Waals surface area (Å²) in [5, 5.41) is 3.45. The summed E-state index contributed by atoms with van der Waals surface area (Å²) in [7, 11) is 0. The van der Waals surface area contributed by atoms with Crippen LogP contribution in [0.15, 0.2) is 22.7 Å². The molecule has 14 heavy (non-hydrogen) atoms. The second kappa shape index (κ2) is 6.20. The van der Waals surface area contributed by atoms with Crippen LogP contribution in [-0.4, -0.2) is 6.54 Å². The molecule has 0 saturated heterocycles. The van der Waals surface area contributed by atoms with E-state index < -0.39 is 0 Å². The molecule has 0 atom stereocenters. The van der Waals surface area contributed by atoms with E-state index in [1.54, 1.807) is 0 Å². The highest BCUT2D eigenvalue weighted by molar-refractivity contribution is 9.10. The van der Waals surface area contributed by atoms with E-state index >= 15 is 0 Å². The molecule has 78 valence electrons. The Morgan fingerprint density at radius 3 is 2.86 bits per heavy atom. The smallest absolute Gasteiger partial charge is 0.0208 e. The highest BCUT2D eigenvalue weighted by Crippen LogP contribution is 2.18. The van der Waals surface area contributed by atoms with Crippen molar-refractivity contribution in [2.45, 2.75) is 33.2 Å². The number of halogens is 1. The van der Waals surface area contributed by atoms with Crippen molar-refractivity contribution in [3.63, 3.8) is 0 Å². The van der Waals surface area contributed by atoms with Gasteiger partial charge in [-0.2, -0.15) is 0 Å². The molecular weight excluding hydrogens is 238 g/mol. The number of unbranched alkanes of at least 4 members (excludes halogenated alkanes) is 1. The molecule has 1 aromatic rings. The van der Waals surface area contributed by atoms with E-state index in [1.165, 1.54) is 28.4 Å². The van der Waals surface area contributed by atoms with Gasteiger partial charge in [-0.1, -0.05) is 41.4 Å². The normalized spacial score (nSPS) is 10.5. The van der Waals surface area contributed by atoms with E-state index in [-0.39, 0.29) is 0 Å². The number of hydrogen-bond acceptors (Lipinski definition) is 1. The molecule has 0 fully saturated rings. The van der Waals surface area contributed by atoms with E-state index in [0.29, 0.717) is 0 Å². The summed E-state index contributed by atoms with van der Waals surface area (Å²) in [6, 6.07) is 6.36. The van der Waals surface area contributed by atoms with Gasteiger partial charge in [-0.05, 0) is 37.1 Å². The van der Waals surface area contributed by atoms with Crippen molar-refractivity contribution < 1.29 is 0 Å². The minimum atomic E-state index is 0.977. The predicted molar refractivity (Wildman–Crippen MR) is 65.5 cm³/mol. The van der Waals surface area contributed by atoms with Crippen LogP contribution < -0.4 is 5.32 Å². The molecule has 1 nitrogen and oxygen atoms in total. The molecule has 0 bridgehead atoms. The summed E-state index contributed by atoms with van der Waals surface area (Å²) in [5.74, 6) is 0. The lowest BCUT2D eigenvalue weighted by molar-refractivity contribution is 0.639. The van der Waals surface area contributed by atoms with Crippen LogP contribution >= 0.6 is 15.9 Å². The van der Waals surface area contributed by atoms with Crippen LogP contribution in [0.2, 0.25) is 0 Å². The van der Waals surface area contributed by atoms with E-state index in [0.717, 1.165) is 13.1 Å². The maximum absolute atomic E-state index is 3.54. The Labute approximate surface area is 95.0 Å². The van der Waals surface area contributed by atoms with Gasteiger partial charge in [-0.3, -0.25) is 0 Å². The zero-order chi connectivity index (χ0) is 10.4. The molecule has 0 unspecified atom stereocenters. The van der Waals surface area contributed by atoms with Gasteiger partial charge in [0.2, 0.25) is 0 Å². The van der Waals surface area contributed by atoms with Crippen molar-refractivity contribution in [2.75, 3.05) is 6.54 Å². The van der Waals surface area contributed by atoms with Gasteiger partial charge >= 0.3 is 0 Å². The van der Waals surface area contributed by atoms with Crippen LogP contribution in [0.1, 0.15) is 30.9 Å². The second-order valence-corrected chi connectivity index (χ2v) is 4.41. The molecule has 0 aliphatic rings. The molecule has 0 aliphatic carbocycles. The third-order valence-electron chi connectivity index (χ3n) is 2.40. The molecule has 0 radical (unpaired) electrons. The van der Waals surface area contributed by atoms with Crippen molar-refractivity contribution >= 4 is 15.9 Å². The monoisotopic (exact) mass is 255 g/mol. The van der Waals surface area contributed by atoms with Crippen LogP contribution in [-0.2, 0) is 6.54 Å². The van der Waals surface area contributed by atoms with E-state index in [2.05, 4.69) is 53.3 Å². The average Bonchev–Trinajstić information content (AvgIpc) is 2.19. The SMILES string of the molecule is CCCCNCc1cccc(Br)c1C. The molecule has 0 aliphatic heterocycles. The van der Waals surface area contributed by atoms with Crippen molar-refractivity contribution in [3.8, 4) is 0 Å². The van der Waals surface area contributed by atoms with E-state index in [1.807, 2.05) is 0 Å². The van der Waals surface area contributed by atoms with Crippen molar-refractivity contribution in [3.05, 3.63) is 33.8 Å². The molecule has 1 N–H and O–H groups in total. The van der Waals surface area contributed by atoms with Gasteiger partial charge in [-0.25, -0.2) is 0 Å². The lowest BCUT2D eigenvalue weighted by Gasteiger charge is -2.08. The Morgan fingerprint density at radius 1 is 1.36 bits per heavy atom. The molecular formula is C12H18BrN. The molecule has 0 aromatic heterocycles. The summed E-state index contributed by atoms with van der Waals surface area (Å²) in [5.41, 5.74) is 2.73. The fraction of sp³-hybridized carbons (Fsp3) is 0.500. The largest absolute Gasteiger partial charge is 0.313 e. The molecule has 0 spiro atoms. The first-order valence-electron chi connectivity index (χ1n) is 5.20. The van der Waals surface area contributed by atoms with Crippen molar-refractivity contribution in [2.24, 2.45) is 0 Å². The number of benzene rings is 1. The maximum Gasteiger partial charge on any atom is 0.0208 e. The van der Waals surface area contributed by atoms with Crippen LogP contribution in [0.5, 0.6) is 0 Å². The number of hydrogen-bond donors (Lipinski definition) is 1. The van der Waals surface area contributed by atoms with Crippen LogP contribution in [0.3, 0.4) is 0 Å². The molecule has 1 rings (SSSR count). The first-order chi connectivity index (χ1) is 6.75. The minimum absolute atomic E-state index is 0.977. The van der Waals surface area contributed by atoms with Gasteiger partial charge in [0.15, 0.2) is 0 Å². The van der Waals surface area contributed by atoms with Gasteiger partial charge in [0, 0.05) is 11.0 Å². The Bertz CT molecular complexity index is 284. The fourth-order valence-corrected chi connectivity index (χ4v) is 1.78. The van der Waals surface area contributed by atoms with Crippen LogP contribution in [0.4, 0.5) is 0 Å². The highest BCUT2D eigenvalue weighted by atomic mass is 79.9. The maximum atomic E-state index is 3.54. The van der Waals surface area contributed by atoms with E-state index in [9.17, 15) is 0 Å². The molecule has 0 saturated carbocycles. The van der Waals surface area contributed by atoms with Crippen molar-refractivity contribution in [1.29, 1.82) is 0 Å². The zero-order valence-corrected chi connectivity index (χ0v) is 10.5. The summed E-state index contributed by atoms with van der Waals surface area (Å²) >= 11 is 3.54. The standard InChI is InChI=1S/C12H18BrN/c1-3-4-8-14-9-11-6-5-7-12(13)10(11)2/h5-7,14H,3-4,8-9H2,1-2H3. The third-order valence-corrected chi connectivity index (χ3v) is 3.26. The van der Waals surface area contributed by atoms with E-state index in [4.69, 9.17) is 0 Å². The van der Waals surface area contributed by atoms with Gasteiger partial charge < -0.3 is 5.32 Å². The summed E-state index contributed by atoms with van der Waals surface area (Å²) in [4.78, 5) is 0. The van der Waals surface area contributed by atoms with Crippen LogP contribution in [0.25, 0.3) is 0 Å². The highest BCUT2D eigenvalue weighted by Gasteiger charge is 2.00. The average molecular weight is 256 g/mol. The van der Waals surface area contributed by atoms with Gasteiger partial charge in [0.1, 0.15) is 0 Å². The Hall–Kier alpha value is -0.340. The molecule has 0 heterocycles. The summed E-state index contributed by atoms with van der Waals surface area (Å²) in [6.45, 7) is 6.46. The van der Waals surface area contributed by atoms with Gasteiger partial charge in [0.25, 0.3) is 0 Å². The first-order valence-corrected chi connectivity index (χ1v) is 5.99. The zero-order valence-electron chi connectivity index (χ0n) is 8.94. The minimum Gasteiger partial charge on any atom is -0.313 e.